The number of benzene rings is 1. The summed E-state index contributed by atoms with van der Waals surface area (Å²) in [6.45, 7) is 2.03. The fraction of sp³-hybridized carbons (Fsp3) is 0.200. The molecule has 1 aromatic carbocycles. The molecule has 1 aromatic rings. The normalized spacial score (nSPS) is 11.8. The molecule has 0 unspecified atom stereocenters. The molecule has 12 heavy (non-hydrogen) atoms. The molecule has 64 valence electrons. The van der Waals surface area contributed by atoms with Gasteiger partial charge in [-0.15, -0.1) is 11.6 Å². The van der Waals surface area contributed by atoms with Gasteiger partial charge in [0.05, 0.1) is 0 Å². The number of halogens is 2. The molecule has 0 saturated carbocycles. The molecule has 2 heteroatoms. The van der Waals surface area contributed by atoms with Crippen molar-refractivity contribution in [2.75, 3.05) is 5.88 Å². The van der Waals surface area contributed by atoms with E-state index >= 15 is 0 Å². The average Bonchev–Trinajstić information content (AvgIpc) is 2.09. The molecular weight excluding hydrogens is 282 g/mol. The Hall–Kier alpha value is -0.0200. The molecule has 0 fully saturated rings. The third-order valence-electron chi connectivity index (χ3n) is 1.49. The van der Waals surface area contributed by atoms with Crippen LogP contribution in [0.2, 0.25) is 0 Å². The van der Waals surface area contributed by atoms with Crippen molar-refractivity contribution in [1.82, 2.24) is 0 Å². The number of allylic oxidation sites excluding steroid dienone is 1. The van der Waals surface area contributed by atoms with Crippen molar-refractivity contribution in [3.05, 3.63) is 39.0 Å². The molecule has 0 aromatic heterocycles. The van der Waals surface area contributed by atoms with Crippen LogP contribution in [0.4, 0.5) is 0 Å². The van der Waals surface area contributed by atoms with E-state index in [0.717, 1.165) is 0 Å². The monoisotopic (exact) mass is 292 g/mol. The highest BCUT2D eigenvalue weighted by Crippen LogP contribution is 2.10. The second kappa shape index (κ2) is 4.87. The van der Waals surface area contributed by atoms with Crippen LogP contribution in [0.5, 0.6) is 0 Å². The average molecular weight is 293 g/mol. The van der Waals surface area contributed by atoms with Gasteiger partial charge in [0.2, 0.25) is 0 Å². The molecule has 0 amide bonds. The molecule has 0 nitrogen and oxygen atoms in total. The van der Waals surface area contributed by atoms with Crippen molar-refractivity contribution >= 4 is 40.3 Å². The standard InChI is InChI=1S/C10H10ClI/c1-8(7-11)6-9-2-4-10(12)5-3-9/h2-6H,7H2,1H3. The highest BCUT2D eigenvalue weighted by atomic mass is 127. The number of alkyl halides is 1. The summed E-state index contributed by atoms with van der Waals surface area (Å²) in [4.78, 5) is 0. The van der Waals surface area contributed by atoms with Crippen LogP contribution in [0.25, 0.3) is 6.08 Å². The minimum atomic E-state index is 0.603. The largest absolute Gasteiger partial charge is 0.122 e. The van der Waals surface area contributed by atoms with E-state index in [1.807, 2.05) is 6.92 Å². The van der Waals surface area contributed by atoms with E-state index in [-0.39, 0.29) is 0 Å². The van der Waals surface area contributed by atoms with E-state index in [0.29, 0.717) is 5.88 Å². The van der Waals surface area contributed by atoms with Gasteiger partial charge in [-0.1, -0.05) is 23.8 Å². The third-order valence-corrected chi connectivity index (χ3v) is 2.63. The topological polar surface area (TPSA) is 0 Å². The highest BCUT2D eigenvalue weighted by molar-refractivity contribution is 14.1. The van der Waals surface area contributed by atoms with E-state index in [4.69, 9.17) is 11.6 Å². The quantitative estimate of drug-likeness (QED) is 0.572. The maximum atomic E-state index is 5.66. The SMILES string of the molecule is CC(=Cc1ccc(I)cc1)CCl. The second-order valence-corrected chi connectivity index (χ2v) is 4.19. The van der Waals surface area contributed by atoms with Crippen molar-refractivity contribution in [3.63, 3.8) is 0 Å². The lowest BCUT2D eigenvalue weighted by Crippen LogP contribution is -1.78. The van der Waals surface area contributed by atoms with E-state index in [9.17, 15) is 0 Å². The van der Waals surface area contributed by atoms with Crippen molar-refractivity contribution in [1.29, 1.82) is 0 Å². The van der Waals surface area contributed by atoms with E-state index in [1.165, 1.54) is 14.7 Å². The molecule has 0 heterocycles. The Kier molecular flexibility index (Phi) is 4.09. The van der Waals surface area contributed by atoms with Gasteiger partial charge in [0, 0.05) is 9.45 Å². The predicted octanol–water partition coefficient (Wildman–Crippen LogP) is 3.93. The number of rotatable bonds is 2. The summed E-state index contributed by atoms with van der Waals surface area (Å²) in [7, 11) is 0. The Morgan fingerprint density at radius 3 is 2.50 bits per heavy atom. The number of hydrogen-bond donors (Lipinski definition) is 0. The minimum absolute atomic E-state index is 0.603. The molecule has 0 atom stereocenters. The lowest BCUT2D eigenvalue weighted by Gasteiger charge is -1.96. The molecule has 0 N–H and O–H groups in total. The summed E-state index contributed by atoms with van der Waals surface area (Å²) < 4.78 is 1.26. The van der Waals surface area contributed by atoms with Gasteiger partial charge in [0.25, 0.3) is 0 Å². The Balaban J connectivity index is 2.84. The van der Waals surface area contributed by atoms with Crippen LogP contribution in [0.1, 0.15) is 12.5 Å². The molecule has 0 spiro atoms. The first-order chi connectivity index (χ1) is 5.72. The maximum absolute atomic E-state index is 5.66. The first kappa shape index (κ1) is 10.1. The van der Waals surface area contributed by atoms with Gasteiger partial charge >= 0.3 is 0 Å². The summed E-state index contributed by atoms with van der Waals surface area (Å²) in [6.07, 6.45) is 2.10. The van der Waals surface area contributed by atoms with E-state index in [1.54, 1.807) is 0 Å². The van der Waals surface area contributed by atoms with Crippen molar-refractivity contribution in [2.45, 2.75) is 6.92 Å². The number of hydrogen-bond acceptors (Lipinski definition) is 0. The van der Waals surface area contributed by atoms with Gasteiger partial charge in [-0.2, -0.15) is 0 Å². The maximum Gasteiger partial charge on any atom is 0.0434 e. The summed E-state index contributed by atoms with van der Waals surface area (Å²) >= 11 is 7.96. The van der Waals surface area contributed by atoms with E-state index < -0.39 is 0 Å². The molecule has 0 radical (unpaired) electrons. The molecule has 1 rings (SSSR count). The molecule has 0 aliphatic rings. The van der Waals surface area contributed by atoms with Gasteiger partial charge in [-0.05, 0) is 47.2 Å². The first-order valence-electron chi connectivity index (χ1n) is 3.71. The summed E-state index contributed by atoms with van der Waals surface area (Å²) in [5.41, 5.74) is 2.41. The summed E-state index contributed by atoms with van der Waals surface area (Å²) in [5.74, 6) is 0.603. The third kappa shape index (κ3) is 3.15. The van der Waals surface area contributed by atoms with Crippen LogP contribution in [0, 0.1) is 3.57 Å². The lowest BCUT2D eigenvalue weighted by molar-refractivity contribution is 1.42. The predicted molar refractivity (Wildman–Crippen MR) is 63.5 cm³/mol. The molecule has 0 aliphatic carbocycles. The second-order valence-electron chi connectivity index (χ2n) is 2.68. The fourth-order valence-electron chi connectivity index (χ4n) is 0.882. The Morgan fingerprint density at radius 2 is 2.00 bits per heavy atom. The molecule has 0 aliphatic heterocycles. The zero-order chi connectivity index (χ0) is 8.97. The van der Waals surface area contributed by atoms with Crippen LogP contribution in [0.15, 0.2) is 29.8 Å². The van der Waals surface area contributed by atoms with Crippen LogP contribution in [0.3, 0.4) is 0 Å². The molecular formula is C10H10ClI. The Bertz CT molecular complexity index is 274. The molecule has 0 saturated heterocycles. The van der Waals surface area contributed by atoms with Gasteiger partial charge in [0.1, 0.15) is 0 Å². The highest BCUT2D eigenvalue weighted by Gasteiger charge is 1.89. The van der Waals surface area contributed by atoms with Crippen LogP contribution >= 0.6 is 34.2 Å². The van der Waals surface area contributed by atoms with Crippen LogP contribution in [-0.2, 0) is 0 Å². The molecule has 0 bridgehead atoms. The van der Waals surface area contributed by atoms with Crippen LogP contribution in [-0.4, -0.2) is 5.88 Å². The Morgan fingerprint density at radius 1 is 1.42 bits per heavy atom. The van der Waals surface area contributed by atoms with Gasteiger partial charge in [-0.3, -0.25) is 0 Å². The first-order valence-corrected chi connectivity index (χ1v) is 5.32. The van der Waals surface area contributed by atoms with Crippen molar-refractivity contribution < 1.29 is 0 Å². The van der Waals surface area contributed by atoms with Gasteiger partial charge in [-0.25, -0.2) is 0 Å². The lowest BCUT2D eigenvalue weighted by atomic mass is 10.1. The minimum Gasteiger partial charge on any atom is -0.122 e. The van der Waals surface area contributed by atoms with Crippen LogP contribution < -0.4 is 0 Å². The van der Waals surface area contributed by atoms with E-state index in [2.05, 4.69) is 52.9 Å². The fourth-order valence-corrected chi connectivity index (χ4v) is 1.32. The zero-order valence-electron chi connectivity index (χ0n) is 6.85. The van der Waals surface area contributed by atoms with Gasteiger partial charge in [0.15, 0.2) is 0 Å². The zero-order valence-corrected chi connectivity index (χ0v) is 9.76. The van der Waals surface area contributed by atoms with Gasteiger partial charge < -0.3 is 0 Å². The summed E-state index contributed by atoms with van der Waals surface area (Å²) in [6, 6.07) is 8.37. The van der Waals surface area contributed by atoms with Crippen molar-refractivity contribution in [2.24, 2.45) is 0 Å². The Labute approximate surface area is 91.8 Å². The summed E-state index contributed by atoms with van der Waals surface area (Å²) in [5, 5.41) is 0. The van der Waals surface area contributed by atoms with Crippen molar-refractivity contribution in [3.8, 4) is 0 Å². The smallest absolute Gasteiger partial charge is 0.0434 e.